The zero-order chi connectivity index (χ0) is 14.0. The van der Waals surface area contributed by atoms with E-state index in [4.69, 9.17) is 5.11 Å². The molecule has 0 fully saturated rings. The van der Waals surface area contributed by atoms with Crippen LogP contribution in [0.5, 0.6) is 0 Å². The van der Waals surface area contributed by atoms with Crippen molar-refractivity contribution in [1.29, 1.82) is 0 Å². The minimum Gasteiger partial charge on any atom is -0.394 e. The van der Waals surface area contributed by atoms with Crippen LogP contribution >= 0.6 is 0 Å². The maximum atomic E-state index is 11.3. The predicted octanol–water partition coefficient (Wildman–Crippen LogP) is 1.27. The van der Waals surface area contributed by atoms with E-state index in [1.807, 2.05) is 6.92 Å². The second kappa shape index (κ2) is 5.23. The fourth-order valence-electron chi connectivity index (χ4n) is 2.02. The highest BCUT2D eigenvalue weighted by molar-refractivity contribution is 6.00. The number of aliphatic hydroxyl groups is 1. The summed E-state index contributed by atoms with van der Waals surface area (Å²) in [6, 6.07) is 2.70. The van der Waals surface area contributed by atoms with E-state index >= 15 is 0 Å². The fourth-order valence-corrected chi connectivity index (χ4v) is 2.02. The van der Waals surface area contributed by atoms with Crippen LogP contribution in [0, 0.1) is 10.1 Å². The SMILES string of the molecule is CCC(CO)Nc1cc2c(cc1[N+](=O)[O-])CC(=O)N2. The van der Waals surface area contributed by atoms with Gasteiger partial charge in [-0.1, -0.05) is 6.92 Å². The van der Waals surface area contributed by atoms with E-state index < -0.39 is 4.92 Å². The number of anilines is 2. The molecule has 3 N–H and O–H groups in total. The van der Waals surface area contributed by atoms with Gasteiger partial charge in [0.1, 0.15) is 5.69 Å². The molecule has 0 aliphatic carbocycles. The number of benzene rings is 1. The molecule has 1 aliphatic heterocycles. The second-order valence-electron chi connectivity index (χ2n) is 4.44. The van der Waals surface area contributed by atoms with Gasteiger partial charge in [0, 0.05) is 17.8 Å². The van der Waals surface area contributed by atoms with Crippen LogP contribution in [0.15, 0.2) is 12.1 Å². The Morgan fingerprint density at radius 3 is 2.89 bits per heavy atom. The van der Waals surface area contributed by atoms with Gasteiger partial charge < -0.3 is 15.7 Å². The highest BCUT2D eigenvalue weighted by Crippen LogP contribution is 2.34. The van der Waals surface area contributed by atoms with E-state index in [0.717, 1.165) is 0 Å². The molecule has 1 aromatic carbocycles. The Hall–Kier alpha value is -2.15. The molecule has 0 bridgehead atoms. The monoisotopic (exact) mass is 265 g/mol. The number of fused-ring (bicyclic) bond motifs is 1. The van der Waals surface area contributed by atoms with E-state index in [-0.39, 0.29) is 30.7 Å². The summed E-state index contributed by atoms with van der Waals surface area (Å²) in [6.07, 6.45) is 0.796. The average Bonchev–Trinajstić information content (AvgIpc) is 2.73. The van der Waals surface area contributed by atoms with Gasteiger partial charge in [0.2, 0.25) is 5.91 Å². The van der Waals surface area contributed by atoms with Gasteiger partial charge in [-0.3, -0.25) is 14.9 Å². The van der Waals surface area contributed by atoms with Gasteiger partial charge in [-0.25, -0.2) is 0 Å². The van der Waals surface area contributed by atoms with Crippen molar-refractivity contribution in [3.63, 3.8) is 0 Å². The quantitative estimate of drug-likeness (QED) is 0.549. The Labute approximate surface area is 109 Å². The normalized spacial score (nSPS) is 14.7. The predicted molar refractivity (Wildman–Crippen MR) is 70.2 cm³/mol. The maximum Gasteiger partial charge on any atom is 0.292 e. The highest BCUT2D eigenvalue weighted by Gasteiger charge is 2.25. The summed E-state index contributed by atoms with van der Waals surface area (Å²) in [5.74, 6) is -0.171. The molecule has 19 heavy (non-hydrogen) atoms. The molecule has 0 aromatic heterocycles. The molecule has 102 valence electrons. The number of nitrogens with one attached hydrogen (secondary N) is 2. The number of nitro benzene ring substituents is 1. The number of aliphatic hydroxyl groups excluding tert-OH is 1. The molecule has 1 amide bonds. The van der Waals surface area contributed by atoms with Crippen LogP contribution < -0.4 is 10.6 Å². The largest absolute Gasteiger partial charge is 0.394 e. The number of amides is 1. The van der Waals surface area contributed by atoms with Crippen molar-refractivity contribution < 1.29 is 14.8 Å². The summed E-state index contributed by atoms with van der Waals surface area (Å²) in [6.45, 7) is 1.76. The molecule has 1 unspecified atom stereocenters. The van der Waals surface area contributed by atoms with Gasteiger partial charge in [0.15, 0.2) is 0 Å². The number of hydrogen-bond donors (Lipinski definition) is 3. The molecule has 0 saturated heterocycles. The summed E-state index contributed by atoms with van der Waals surface area (Å²) in [5, 5.41) is 25.8. The van der Waals surface area contributed by atoms with Gasteiger partial charge in [-0.15, -0.1) is 0 Å². The minimum absolute atomic E-state index is 0.0813. The Balaban J connectivity index is 2.39. The van der Waals surface area contributed by atoms with Crippen LogP contribution in [0.4, 0.5) is 17.1 Å². The number of carbonyl (C=O) groups is 1. The van der Waals surface area contributed by atoms with Crippen LogP contribution in [0.3, 0.4) is 0 Å². The zero-order valence-electron chi connectivity index (χ0n) is 10.5. The standard InChI is InChI=1S/C12H15N3O4/c1-2-8(6-16)13-10-5-9-7(4-12(17)14-9)3-11(10)15(18)19/h3,5,8,13,16H,2,4,6H2,1H3,(H,14,17). The van der Waals surface area contributed by atoms with Gasteiger partial charge in [-0.2, -0.15) is 0 Å². The number of carbonyl (C=O) groups excluding carboxylic acids is 1. The van der Waals surface area contributed by atoms with Crippen LogP contribution in [-0.4, -0.2) is 28.6 Å². The van der Waals surface area contributed by atoms with E-state index in [9.17, 15) is 14.9 Å². The molecular weight excluding hydrogens is 250 g/mol. The zero-order valence-corrected chi connectivity index (χ0v) is 10.5. The smallest absolute Gasteiger partial charge is 0.292 e. The third-order valence-corrected chi connectivity index (χ3v) is 3.12. The lowest BCUT2D eigenvalue weighted by Gasteiger charge is -2.16. The third kappa shape index (κ3) is 2.65. The molecule has 7 nitrogen and oxygen atoms in total. The number of hydrogen-bond acceptors (Lipinski definition) is 5. The molecule has 1 aliphatic rings. The van der Waals surface area contributed by atoms with Crippen molar-refractivity contribution >= 4 is 23.0 Å². The Morgan fingerprint density at radius 1 is 1.58 bits per heavy atom. The average molecular weight is 265 g/mol. The minimum atomic E-state index is -0.491. The van der Waals surface area contributed by atoms with Gasteiger partial charge >= 0.3 is 0 Å². The summed E-state index contributed by atoms with van der Waals surface area (Å²) < 4.78 is 0. The molecule has 0 saturated carbocycles. The molecule has 1 heterocycles. The van der Waals surface area contributed by atoms with Gasteiger partial charge in [-0.05, 0) is 18.1 Å². The molecule has 0 spiro atoms. The van der Waals surface area contributed by atoms with Crippen molar-refractivity contribution in [2.75, 3.05) is 17.2 Å². The van der Waals surface area contributed by atoms with E-state index in [2.05, 4.69) is 10.6 Å². The fraction of sp³-hybridized carbons (Fsp3) is 0.417. The molecule has 1 atom stereocenters. The van der Waals surface area contributed by atoms with Gasteiger partial charge in [0.25, 0.3) is 5.69 Å². The maximum absolute atomic E-state index is 11.3. The first-order chi connectivity index (χ1) is 9.05. The summed E-state index contributed by atoms with van der Waals surface area (Å²) >= 11 is 0. The number of nitro groups is 1. The Morgan fingerprint density at radius 2 is 2.32 bits per heavy atom. The third-order valence-electron chi connectivity index (χ3n) is 3.12. The highest BCUT2D eigenvalue weighted by atomic mass is 16.6. The number of rotatable bonds is 5. The first kappa shape index (κ1) is 13.3. The van der Waals surface area contributed by atoms with Crippen LogP contribution in [0.2, 0.25) is 0 Å². The first-order valence-corrected chi connectivity index (χ1v) is 6.03. The second-order valence-corrected chi connectivity index (χ2v) is 4.44. The first-order valence-electron chi connectivity index (χ1n) is 6.03. The van der Waals surface area contributed by atoms with Crippen LogP contribution in [0.25, 0.3) is 0 Å². The lowest BCUT2D eigenvalue weighted by Crippen LogP contribution is -2.23. The van der Waals surface area contributed by atoms with Crippen molar-refractivity contribution in [1.82, 2.24) is 0 Å². The molecule has 0 radical (unpaired) electrons. The van der Waals surface area contributed by atoms with Crippen LogP contribution in [0.1, 0.15) is 18.9 Å². The van der Waals surface area contributed by atoms with Crippen molar-refractivity contribution in [2.45, 2.75) is 25.8 Å². The number of nitrogens with zero attached hydrogens (tertiary/aromatic N) is 1. The van der Waals surface area contributed by atoms with Crippen molar-refractivity contribution in [3.8, 4) is 0 Å². The lowest BCUT2D eigenvalue weighted by molar-refractivity contribution is -0.384. The van der Waals surface area contributed by atoms with E-state index in [1.165, 1.54) is 6.07 Å². The summed E-state index contributed by atoms with van der Waals surface area (Å²) in [7, 11) is 0. The van der Waals surface area contributed by atoms with E-state index in [1.54, 1.807) is 6.07 Å². The molecule has 2 rings (SSSR count). The van der Waals surface area contributed by atoms with Crippen molar-refractivity contribution in [2.24, 2.45) is 0 Å². The topological polar surface area (TPSA) is 104 Å². The van der Waals surface area contributed by atoms with Crippen LogP contribution in [-0.2, 0) is 11.2 Å². The molecule has 1 aromatic rings. The Kier molecular flexibility index (Phi) is 3.66. The Bertz CT molecular complexity index is 526. The summed E-state index contributed by atoms with van der Waals surface area (Å²) in [5.41, 5.74) is 1.44. The van der Waals surface area contributed by atoms with Gasteiger partial charge in [0.05, 0.1) is 18.0 Å². The molecule has 7 heteroatoms. The summed E-state index contributed by atoms with van der Waals surface area (Å²) in [4.78, 5) is 21.9. The lowest BCUT2D eigenvalue weighted by atomic mass is 10.1. The van der Waals surface area contributed by atoms with Crippen molar-refractivity contribution in [3.05, 3.63) is 27.8 Å². The van der Waals surface area contributed by atoms with E-state index in [0.29, 0.717) is 23.4 Å². The molecular formula is C12H15N3O4.